The van der Waals surface area contributed by atoms with Gasteiger partial charge in [0, 0.05) is 29.4 Å². The zero-order valence-electron chi connectivity index (χ0n) is 20.0. The summed E-state index contributed by atoms with van der Waals surface area (Å²) in [6.07, 6.45) is -0.193. The van der Waals surface area contributed by atoms with Crippen molar-refractivity contribution in [2.24, 2.45) is 0 Å². The van der Waals surface area contributed by atoms with Crippen LogP contribution in [-0.2, 0) is 28.6 Å². The Morgan fingerprint density at radius 3 is 2.32 bits per heavy atom. The quantitative estimate of drug-likeness (QED) is 0.294. The molecule has 5 nitrogen and oxygen atoms in total. The van der Waals surface area contributed by atoms with Crippen molar-refractivity contribution >= 4 is 28.8 Å². The van der Waals surface area contributed by atoms with E-state index in [9.17, 15) is 27.9 Å². The summed E-state index contributed by atoms with van der Waals surface area (Å²) in [4.78, 5) is 24.3. The molecular weight excluding hydrogens is 481 g/mol. The van der Waals surface area contributed by atoms with E-state index in [0.717, 1.165) is 29.7 Å². The van der Waals surface area contributed by atoms with E-state index in [0.29, 0.717) is 28.1 Å². The first-order valence-corrected chi connectivity index (χ1v) is 11.7. The minimum Gasteiger partial charge on any atom is -0.383 e. The van der Waals surface area contributed by atoms with Gasteiger partial charge in [-0.25, -0.2) is 0 Å². The number of hydrogen-bond acceptors (Lipinski definition) is 3. The Balaban J connectivity index is 1.59. The average Bonchev–Trinajstić information content (AvgIpc) is 2.87. The van der Waals surface area contributed by atoms with E-state index in [1.165, 1.54) is 24.3 Å². The lowest BCUT2D eigenvalue weighted by Gasteiger charge is -2.23. The number of carbonyl (C=O) groups is 2. The molecule has 37 heavy (non-hydrogen) atoms. The number of anilines is 2. The molecule has 0 fully saturated rings. The van der Waals surface area contributed by atoms with Crippen LogP contribution in [0.2, 0.25) is 0 Å². The molecule has 0 aromatic heterocycles. The topological polar surface area (TPSA) is 78.4 Å². The fourth-order valence-electron chi connectivity index (χ4n) is 4.07. The predicted molar refractivity (Wildman–Crippen MR) is 137 cm³/mol. The second-order valence-electron chi connectivity index (χ2n) is 8.60. The Morgan fingerprint density at radius 2 is 1.70 bits per heavy atom. The second kappa shape index (κ2) is 10.8. The number of nitrogens with one attached hydrogen (secondary N) is 2. The summed E-state index contributed by atoms with van der Waals surface area (Å²) in [6.45, 7) is 2.03. The molecule has 0 spiro atoms. The number of rotatable bonds is 6. The molecule has 0 radical (unpaired) electrons. The van der Waals surface area contributed by atoms with Gasteiger partial charge in [0.05, 0.1) is 5.56 Å². The molecule has 1 aliphatic rings. The monoisotopic (exact) mass is 506 g/mol. The van der Waals surface area contributed by atoms with E-state index in [-0.39, 0.29) is 6.42 Å². The molecular formula is C29H25F3N2O3. The average molecular weight is 507 g/mol. The fourth-order valence-corrected chi connectivity index (χ4v) is 4.07. The SMILES string of the molecule is CCc1ccc(/C(=C\C=C\C(=O)Nc2cccc3c2CC(O)C(=O)N3)c2ccc(C(F)(F)F)cc2)cc1. The highest BCUT2D eigenvalue weighted by molar-refractivity contribution is 6.03. The summed E-state index contributed by atoms with van der Waals surface area (Å²) in [5, 5.41) is 15.2. The van der Waals surface area contributed by atoms with Gasteiger partial charge in [-0.2, -0.15) is 13.2 Å². The molecule has 1 unspecified atom stereocenters. The number of amides is 2. The summed E-state index contributed by atoms with van der Waals surface area (Å²) >= 11 is 0. The summed E-state index contributed by atoms with van der Waals surface area (Å²) in [6, 6.07) is 17.6. The highest BCUT2D eigenvalue weighted by atomic mass is 19.4. The van der Waals surface area contributed by atoms with Crippen molar-refractivity contribution in [2.75, 3.05) is 10.6 Å². The summed E-state index contributed by atoms with van der Waals surface area (Å²) in [7, 11) is 0. The Kier molecular flexibility index (Phi) is 7.59. The van der Waals surface area contributed by atoms with Gasteiger partial charge in [0.15, 0.2) is 0 Å². The van der Waals surface area contributed by atoms with E-state index in [1.54, 1.807) is 24.3 Å². The van der Waals surface area contributed by atoms with Gasteiger partial charge in [0.1, 0.15) is 6.10 Å². The number of alkyl halides is 3. The van der Waals surface area contributed by atoms with Crippen molar-refractivity contribution in [3.05, 3.63) is 113 Å². The lowest BCUT2D eigenvalue weighted by molar-refractivity contribution is -0.137. The zero-order chi connectivity index (χ0) is 26.6. The standard InChI is InChI=1S/C29H25F3N2O3/c1-2-18-9-11-19(12-10-18)22(20-13-15-21(16-14-20)29(30,31)32)5-3-8-27(36)33-24-6-4-7-25-23(24)17-26(35)28(37)34-25/h3-16,26,35H,2,17H2,1H3,(H,33,36)(H,34,37)/b8-3+,22-5+. The van der Waals surface area contributed by atoms with Gasteiger partial charge in [-0.15, -0.1) is 0 Å². The van der Waals surface area contributed by atoms with E-state index in [4.69, 9.17) is 0 Å². The Labute approximate surface area is 212 Å². The lowest BCUT2D eigenvalue weighted by atomic mass is 9.95. The summed E-state index contributed by atoms with van der Waals surface area (Å²) in [5.41, 5.74) is 4.02. The maximum Gasteiger partial charge on any atom is 0.416 e. The molecule has 3 N–H and O–H groups in total. The van der Waals surface area contributed by atoms with Gasteiger partial charge >= 0.3 is 6.18 Å². The van der Waals surface area contributed by atoms with Crippen LogP contribution in [0.15, 0.2) is 85.0 Å². The number of aliphatic hydroxyl groups is 1. The van der Waals surface area contributed by atoms with E-state index >= 15 is 0 Å². The normalized spacial score (nSPS) is 15.9. The van der Waals surface area contributed by atoms with Crippen LogP contribution in [0.25, 0.3) is 5.57 Å². The molecule has 0 bridgehead atoms. The molecule has 4 rings (SSSR count). The number of halogens is 3. The number of aliphatic hydroxyl groups excluding tert-OH is 1. The number of carbonyl (C=O) groups excluding carboxylic acids is 2. The van der Waals surface area contributed by atoms with Crippen LogP contribution in [0.1, 0.15) is 34.7 Å². The van der Waals surface area contributed by atoms with Crippen molar-refractivity contribution in [1.82, 2.24) is 0 Å². The van der Waals surface area contributed by atoms with Crippen LogP contribution < -0.4 is 10.6 Å². The van der Waals surface area contributed by atoms with Crippen LogP contribution >= 0.6 is 0 Å². The minimum absolute atomic E-state index is 0.0765. The first-order valence-electron chi connectivity index (χ1n) is 11.7. The second-order valence-corrected chi connectivity index (χ2v) is 8.60. The third kappa shape index (κ3) is 6.16. The van der Waals surface area contributed by atoms with Crippen molar-refractivity contribution in [2.45, 2.75) is 32.0 Å². The predicted octanol–water partition coefficient (Wildman–Crippen LogP) is 5.75. The molecule has 0 aliphatic carbocycles. The molecule has 1 aliphatic heterocycles. The van der Waals surface area contributed by atoms with Crippen LogP contribution in [0.5, 0.6) is 0 Å². The van der Waals surface area contributed by atoms with Gasteiger partial charge in [0.2, 0.25) is 5.91 Å². The number of aryl methyl sites for hydroxylation is 1. The number of fused-ring (bicyclic) bond motifs is 1. The van der Waals surface area contributed by atoms with Gasteiger partial charge in [-0.05, 0) is 52.9 Å². The largest absolute Gasteiger partial charge is 0.416 e. The van der Waals surface area contributed by atoms with Crippen molar-refractivity contribution in [3.63, 3.8) is 0 Å². The molecule has 0 saturated heterocycles. The molecule has 8 heteroatoms. The van der Waals surface area contributed by atoms with E-state index in [1.807, 2.05) is 31.2 Å². The molecule has 0 saturated carbocycles. The highest BCUT2D eigenvalue weighted by Crippen LogP contribution is 2.32. The highest BCUT2D eigenvalue weighted by Gasteiger charge is 2.30. The molecule has 1 heterocycles. The Bertz CT molecular complexity index is 1360. The molecule has 2 amide bonds. The van der Waals surface area contributed by atoms with Crippen molar-refractivity contribution < 1.29 is 27.9 Å². The van der Waals surface area contributed by atoms with Crippen LogP contribution in [-0.4, -0.2) is 23.0 Å². The maximum absolute atomic E-state index is 13.0. The van der Waals surface area contributed by atoms with Gasteiger partial charge < -0.3 is 15.7 Å². The Hall–Kier alpha value is -4.17. The molecule has 1 atom stereocenters. The minimum atomic E-state index is -4.43. The zero-order valence-corrected chi connectivity index (χ0v) is 20.0. The van der Waals surface area contributed by atoms with E-state index in [2.05, 4.69) is 10.6 Å². The van der Waals surface area contributed by atoms with Crippen LogP contribution in [0.3, 0.4) is 0 Å². The third-order valence-corrected chi connectivity index (χ3v) is 6.10. The van der Waals surface area contributed by atoms with Gasteiger partial charge in [0.25, 0.3) is 5.91 Å². The van der Waals surface area contributed by atoms with Crippen LogP contribution in [0, 0.1) is 0 Å². The Morgan fingerprint density at radius 1 is 1.05 bits per heavy atom. The van der Waals surface area contributed by atoms with Gasteiger partial charge in [-0.1, -0.05) is 61.5 Å². The van der Waals surface area contributed by atoms with Crippen molar-refractivity contribution in [1.29, 1.82) is 0 Å². The number of allylic oxidation sites excluding steroid dienone is 2. The molecule has 3 aromatic carbocycles. The molecule has 190 valence electrons. The summed E-state index contributed by atoms with van der Waals surface area (Å²) in [5.74, 6) is -0.937. The smallest absolute Gasteiger partial charge is 0.383 e. The van der Waals surface area contributed by atoms with E-state index < -0.39 is 29.7 Å². The van der Waals surface area contributed by atoms with Crippen LogP contribution in [0.4, 0.5) is 24.5 Å². The molecule has 3 aromatic rings. The van der Waals surface area contributed by atoms with Gasteiger partial charge in [-0.3, -0.25) is 9.59 Å². The fraction of sp³-hybridized carbons (Fsp3) is 0.172. The number of benzene rings is 3. The van der Waals surface area contributed by atoms with Crippen molar-refractivity contribution in [3.8, 4) is 0 Å². The summed E-state index contributed by atoms with van der Waals surface area (Å²) < 4.78 is 39.1. The maximum atomic E-state index is 13.0. The third-order valence-electron chi connectivity index (χ3n) is 6.10. The lowest BCUT2D eigenvalue weighted by Crippen LogP contribution is -2.34. The number of hydrogen-bond donors (Lipinski definition) is 3. The first-order chi connectivity index (χ1) is 17.7. The first kappa shape index (κ1) is 25.9.